The van der Waals surface area contributed by atoms with Gasteiger partial charge in [0.2, 0.25) is 0 Å². The number of likely N-dealkylation sites (N-methyl/N-ethyl adjacent to an activating group) is 1. The molecule has 3 nitrogen and oxygen atoms in total. The molecule has 4 heteroatoms. The van der Waals surface area contributed by atoms with E-state index >= 15 is 0 Å². The van der Waals surface area contributed by atoms with Crippen LogP contribution in [0.1, 0.15) is 28.4 Å². The molecule has 0 spiro atoms. The van der Waals surface area contributed by atoms with Gasteiger partial charge in [0.15, 0.2) is 4.96 Å². The molecule has 1 unspecified atom stereocenters. The molecule has 1 N–H and O–H groups in total. The number of benzene rings is 1. The van der Waals surface area contributed by atoms with Crippen LogP contribution in [-0.4, -0.2) is 16.4 Å². The quantitative estimate of drug-likeness (QED) is 0.795. The molecule has 0 aliphatic carbocycles. The van der Waals surface area contributed by atoms with E-state index in [0.29, 0.717) is 6.04 Å². The van der Waals surface area contributed by atoms with Crippen molar-refractivity contribution >= 4 is 16.3 Å². The van der Waals surface area contributed by atoms with Crippen LogP contribution in [-0.2, 0) is 6.42 Å². The van der Waals surface area contributed by atoms with Crippen LogP contribution in [0, 0.1) is 13.8 Å². The molecule has 0 saturated carbocycles. The van der Waals surface area contributed by atoms with Gasteiger partial charge in [0.05, 0.1) is 5.69 Å². The van der Waals surface area contributed by atoms with E-state index in [1.807, 2.05) is 7.05 Å². The monoisotopic (exact) mass is 285 g/mol. The third-order valence-corrected chi connectivity index (χ3v) is 4.48. The summed E-state index contributed by atoms with van der Waals surface area (Å²) in [6.45, 7) is 4.31. The Morgan fingerprint density at radius 3 is 2.90 bits per heavy atom. The Labute approximate surface area is 123 Å². The number of nitrogens with zero attached hydrogens (tertiary/aromatic N) is 2. The Morgan fingerprint density at radius 1 is 1.35 bits per heavy atom. The Balaban J connectivity index is 1.88. The van der Waals surface area contributed by atoms with Crippen LogP contribution in [0.4, 0.5) is 0 Å². The molecule has 0 radical (unpaired) electrons. The molecule has 1 aromatic carbocycles. The lowest BCUT2D eigenvalue weighted by molar-refractivity contribution is 0.583. The molecule has 20 heavy (non-hydrogen) atoms. The fourth-order valence-corrected chi connectivity index (χ4v) is 3.39. The minimum atomic E-state index is 0.306. The number of aromatic nitrogens is 2. The van der Waals surface area contributed by atoms with Crippen molar-refractivity contribution in [3.63, 3.8) is 0 Å². The Kier molecular flexibility index (Phi) is 3.59. The maximum Gasteiger partial charge on any atom is 0.193 e. The third-order valence-electron chi connectivity index (χ3n) is 3.71. The maximum atomic E-state index is 4.67. The Morgan fingerprint density at radius 2 is 2.20 bits per heavy atom. The number of nitrogens with one attached hydrogen (secondary N) is 1. The number of rotatable bonds is 4. The van der Waals surface area contributed by atoms with Gasteiger partial charge in [-0.15, -0.1) is 11.3 Å². The topological polar surface area (TPSA) is 29.3 Å². The van der Waals surface area contributed by atoms with E-state index in [2.05, 4.69) is 64.5 Å². The van der Waals surface area contributed by atoms with Gasteiger partial charge in [-0.2, -0.15) is 0 Å². The first-order valence-corrected chi connectivity index (χ1v) is 7.71. The van der Waals surface area contributed by atoms with Crippen molar-refractivity contribution in [2.24, 2.45) is 0 Å². The minimum absolute atomic E-state index is 0.306. The number of thiazole rings is 1. The van der Waals surface area contributed by atoms with Crippen molar-refractivity contribution in [3.05, 3.63) is 58.4 Å². The van der Waals surface area contributed by atoms with Crippen LogP contribution in [0.2, 0.25) is 0 Å². The normalized spacial score (nSPS) is 12.9. The van der Waals surface area contributed by atoms with E-state index < -0.39 is 0 Å². The molecule has 0 bridgehead atoms. The van der Waals surface area contributed by atoms with E-state index in [0.717, 1.165) is 17.1 Å². The Bertz CT molecular complexity index is 698. The third kappa shape index (κ3) is 2.49. The second-order valence-electron chi connectivity index (χ2n) is 5.23. The summed E-state index contributed by atoms with van der Waals surface area (Å²) in [6.07, 6.45) is 5.09. The second-order valence-corrected chi connectivity index (χ2v) is 6.10. The molecule has 2 heterocycles. The van der Waals surface area contributed by atoms with Gasteiger partial charge < -0.3 is 5.32 Å². The van der Waals surface area contributed by atoms with Crippen LogP contribution < -0.4 is 5.32 Å². The van der Waals surface area contributed by atoms with Gasteiger partial charge in [-0.1, -0.05) is 23.8 Å². The highest BCUT2D eigenvalue weighted by Gasteiger charge is 2.14. The molecular formula is C16H19N3S. The average Bonchev–Trinajstić information content (AvgIpc) is 2.97. The van der Waals surface area contributed by atoms with Gasteiger partial charge in [0.1, 0.15) is 0 Å². The van der Waals surface area contributed by atoms with E-state index in [1.165, 1.54) is 16.7 Å². The standard InChI is InChI=1S/C16H19N3S/c1-11-4-5-14(12(2)8-11)15(17-3)9-13-10-19-6-7-20-16(19)18-13/h4-8,10,15,17H,9H2,1-3H3. The molecular weight excluding hydrogens is 266 g/mol. The summed E-state index contributed by atoms with van der Waals surface area (Å²) in [5, 5.41) is 5.48. The van der Waals surface area contributed by atoms with E-state index in [9.17, 15) is 0 Å². The summed E-state index contributed by atoms with van der Waals surface area (Å²) < 4.78 is 2.09. The minimum Gasteiger partial charge on any atom is -0.313 e. The lowest BCUT2D eigenvalue weighted by Crippen LogP contribution is -2.20. The lowest BCUT2D eigenvalue weighted by atomic mass is 9.96. The van der Waals surface area contributed by atoms with Gasteiger partial charge in [0.25, 0.3) is 0 Å². The SMILES string of the molecule is CNC(Cc1cn2ccsc2n1)c1ccc(C)cc1C. The molecule has 0 amide bonds. The van der Waals surface area contributed by atoms with Gasteiger partial charge >= 0.3 is 0 Å². The highest BCUT2D eigenvalue weighted by Crippen LogP contribution is 2.23. The van der Waals surface area contributed by atoms with Crippen LogP contribution >= 0.6 is 11.3 Å². The van der Waals surface area contributed by atoms with Gasteiger partial charge in [0, 0.05) is 30.2 Å². The molecule has 104 valence electrons. The zero-order valence-corrected chi connectivity index (χ0v) is 12.9. The number of fused-ring (bicyclic) bond motifs is 1. The zero-order chi connectivity index (χ0) is 14.1. The van der Waals surface area contributed by atoms with Crippen LogP contribution in [0.3, 0.4) is 0 Å². The number of imidazole rings is 1. The summed E-state index contributed by atoms with van der Waals surface area (Å²) in [5.74, 6) is 0. The van der Waals surface area contributed by atoms with Gasteiger partial charge in [-0.3, -0.25) is 4.40 Å². The van der Waals surface area contributed by atoms with Crippen molar-refractivity contribution in [3.8, 4) is 0 Å². The highest BCUT2D eigenvalue weighted by atomic mass is 32.1. The van der Waals surface area contributed by atoms with E-state index in [-0.39, 0.29) is 0 Å². The molecule has 0 fully saturated rings. The first-order chi connectivity index (χ1) is 9.67. The van der Waals surface area contributed by atoms with Crippen molar-refractivity contribution in [1.29, 1.82) is 0 Å². The fourth-order valence-electron chi connectivity index (χ4n) is 2.67. The van der Waals surface area contributed by atoms with Gasteiger partial charge in [-0.25, -0.2) is 4.98 Å². The first-order valence-electron chi connectivity index (χ1n) is 6.83. The van der Waals surface area contributed by atoms with Crippen molar-refractivity contribution in [2.45, 2.75) is 26.3 Å². The maximum absolute atomic E-state index is 4.67. The Hall–Kier alpha value is -1.65. The van der Waals surface area contributed by atoms with Crippen molar-refractivity contribution in [1.82, 2.24) is 14.7 Å². The van der Waals surface area contributed by atoms with Crippen molar-refractivity contribution in [2.75, 3.05) is 7.05 Å². The summed E-state index contributed by atoms with van der Waals surface area (Å²) >= 11 is 1.68. The molecule has 0 saturated heterocycles. The summed E-state index contributed by atoms with van der Waals surface area (Å²) in [5.41, 5.74) is 5.14. The van der Waals surface area contributed by atoms with Crippen LogP contribution in [0.15, 0.2) is 36.0 Å². The van der Waals surface area contributed by atoms with Gasteiger partial charge in [-0.05, 0) is 32.0 Å². The molecule has 1 atom stereocenters. The average molecular weight is 285 g/mol. The molecule has 2 aromatic heterocycles. The number of hydrogen-bond acceptors (Lipinski definition) is 3. The summed E-state index contributed by atoms with van der Waals surface area (Å²) in [6, 6.07) is 6.95. The van der Waals surface area contributed by atoms with E-state index in [4.69, 9.17) is 0 Å². The van der Waals surface area contributed by atoms with Crippen LogP contribution in [0.25, 0.3) is 4.96 Å². The zero-order valence-electron chi connectivity index (χ0n) is 12.1. The molecule has 3 rings (SSSR count). The highest BCUT2D eigenvalue weighted by molar-refractivity contribution is 7.15. The summed E-state index contributed by atoms with van der Waals surface area (Å²) in [4.78, 5) is 5.74. The predicted molar refractivity (Wildman–Crippen MR) is 84.5 cm³/mol. The lowest BCUT2D eigenvalue weighted by Gasteiger charge is -2.18. The number of hydrogen-bond donors (Lipinski definition) is 1. The fraction of sp³-hybridized carbons (Fsp3) is 0.312. The first kappa shape index (κ1) is 13.3. The largest absolute Gasteiger partial charge is 0.313 e. The van der Waals surface area contributed by atoms with E-state index in [1.54, 1.807) is 11.3 Å². The second kappa shape index (κ2) is 5.38. The smallest absolute Gasteiger partial charge is 0.193 e. The van der Waals surface area contributed by atoms with Crippen molar-refractivity contribution < 1.29 is 0 Å². The summed E-state index contributed by atoms with van der Waals surface area (Å²) in [7, 11) is 2.02. The molecule has 0 aliphatic heterocycles. The molecule has 3 aromatic rings. The number of aryl methyl sites for hydroxylation is 2. The predicted octanol–water partition coefficient (Wildman–Crippen LogP) is 3.52. The van der Waals surface area contributed by atoms with Crippen LogP contribution in [0.5, 0.6) is 0 Å². The molecule has 0 aliphatic rings.